The van der Waals surface area contributed by atoms with Gasteiger partial charge in [-0.2, -0.15) is 0 Å². The Bertz CT molecular complexity index is 235. The van der Waals surface area contributed by atoms with Crippen molar-refractivity contribution in [1.82, 2.24) is 4.90 Å². The molecule has 2 N–H and O–H groups in total. The first-order valence-corrected chi connectivity index (χ1v) is 7.87. The van der Waals surface area contributed by atoms with E-state index in [0.29, 0.717) is 12.1 Å². The molecule has 1 saturated carbocycles. The molecule has 1 aliphatic carbocycles. The lowest BCUT2D eigenvalue weighted by molar-refractivity contribution is -0.00552. The highest BCUT2D eigenvalue weighted by molar-refractivity contribution is 4.80. The van der Waals surface area contributed by atoms with Crippen molar-refractivity contribution in [2.75, 3.05) is 26.2 Å². The van der Waals surface area contributed by atoms with Gasteiger partial charge in [0.25, 0.3) is 0 Å². The van der Waals surface area contributed by atoms with E-state index >= 15 is 0 Å². The summed E-state index contributed by atoms with van der Waals surface area (Å²) in [6, 6.07) is 0.459. The van der Waals surface area contributed by atoms with Crippen molar-refractivity contribution in [3.8, 4) is 0 Å². The lowest BCUT2D eigenvalue weighted by Crippen LogP contribution is -2.43. The Morgan fingerprint density at radius 3 is 2.89 bits per heavy atom. The summed E-state index contributed by atoms with van der Waals surface area (Å²) in [4.78, 5) is 2.62. The molecule has 0 aromatic rings. The van der Waals surface area contributed by atoms with Crippen LogP contribution < -0.4 is 5.73 Å². The maximum Gasteiger partial charge on any atom is 0.0702 e. The number of nitrogens with zero attached hydrogens (tertiary/aromatic N) is 1. The van der Waals surface area contributed by atoms with Crippen molar-refractivity contribution < 1.29 is 4.74 Å². The van der Waals surface area contributed by atoms with Crippen LogP contribution in [0.4, 0.5) is 0 Å². The Hall–Kier alpha value is -0.120. The van der Waals surface area contributed by atoms with Crippen LogP contribution in [0, 0.1) is 5.92 Å². The number of hydrogen-bond acceptors (Lipinski definition) is 3. The third-order valence-corrected chi connectivity index (χ3v) is 4.36. The number of hydrogen-bond donors (Lipinski definition) is 1. The van der Waals surface area contributed by atoms with E-state index in [1.54, 1.807) is 0 Å². The van der Waals surface area contributed by atoms with Gasteiger partial charge in [0.1, 0.15) is 0 Å². The maximum atomic E-state index is 6.08. The van der Waals surface area contributed by atoms with Crippen LogP contribution in [0.5, 0.6) is 0 Å². The summed E-state index contributed by atoms with van der Waals surface area (Å²) in [5.41, 5.74) is 6.08. The molecule has 0 radical (unpaired) electrons. The fourth-order valence-corrected chi connectivity index (χ4v) is 3.46. The van der Waals surface area contributed by atoms with Gasteiger partial charge >= 0.3 is 0 Å². The van der Waals surface area contributed by atoms with Crippen molar-refractivity contribution in [2.45, 2.75) is 64.0 Å². The topological polar surface area (TPSA) is 38.5 Å². The van der Waals surface area contributed by atoms with Crippen molar-refractivity contribution in [3.05, 3.63) is 0 Å². The predicted molar refractivity (Wildman–Crippen MR) is 75.6 cm³/mol. The first-order chi connectivity index (χ1) is 8.78. The highest BCUT2D eigenvalue weighted by atomic mass is 16.5. The van der Waals surface area contributed by atoms with E-state index in [9.17, 15) is 0 Å². The second-order valence-electron chi connectivity index (χ2n) is 6.19. The van der Waals surface area contributed by atoms with Crippen molar-refractivity contribution >= 4 is 0 Å². The average Bonchev–Trinajstić information content (AvgIpc) is 2.37. The highest BCUT2D eigenvalue weighted by Gasteiger charge is 2.25. The molecule has 18 heavy (non-hydrogen) atoms. The summed E-state index contributed by atoms with van der Waals surface area (Å²) in [6.45, 7) is 6.76. The van der Waals surface area contributed by atoms with Crippen LogP contribution in [0.15, 0.2) is 0 Å². The van der Waals surface area contributed by atoms with Gasteiger partial charge in [0.05, 0.1) is 6.10 Å². The molecule has 1 aliphatic heterocycles. The monoisotopic (exact) mass is 254 g/mol. The summed E-state index contributed by atoms with van der Waals surface area (Å²) < 4.78 is 5.91. The van der Waals surface area contributed by atoms with Crippen molar-refractivity contribution in [1.29, 1.82) is 0 Å². The molecule has 106 valence electrons. The van der Waals surface area contributed by atoms with Crippen LogP contribution in [0.2, 0.25) is 0 Å². The van der Waals surface area contributed by atoms with Crippen LogP contribution in [0.25, 0.3) is 0 Å². The standard InChI is InChI=1S/C15H30N2O/c1-2-9-18-15-7-4-8-17(12-15)11-13-5-3-6-14(16)10-13/h13-15H,2-12,16H2,1H3. The molecule has 0 aromatic heterocycles. The molecule has 2 rings (SSSR count). The molecule has 0 bridgehead atoms. The molecular weight excluding hydrogens is 224 g/mol. The van der Waals surface area contributed by atoms with Gasteiger partial charge in [0.2, 0.25) is 0 Å². The first kappa shape index (κ1) is 14.3. The van der Waals surface area contributed by atoms with E-state index in [2.05, 4.69) is 11.8 Å². The van der Waals surface area contributed by atoms with Gasteiger partial charge in [0, 0.05) is 25.7 Å². The Balaban J connectivity index is 1.71. The summed E-state index contributed by atoms with van der Waals surface area (Å²) in [6.07, 6.45) is 9.34. The third kappa shape index (κ3) is 4.52. The van der Waals surface area contributed by atoms with Gasteiger partial charge in [-0.25, -0.2) is 0 Å². The van der Waals surface area contributed by atoms with E-state index in [1.165, 1.54) is 51.6 Å². The highest BCUT2D eigenvalue weighted by Crippen LogP contribution is 2.25. The lowest BCUT2D eigenvalue weighted by Gasteiger charge is -2.36. The molecule has 3 nitrogen and oxygen atoms in total. The Kier molecular flexibility index (Phi) is 5.93. The molecule has 2 fully saturated rings. The summed E-state index contributed by atoms with van der Waals surface area (Å²) in [7, 11) is 0. The zero-order chi connectivity index (χ0) is 12.8. The van der Waals surface area contributed by atoms with E-state index in [1.807, 2.05) is 0 Å². The molecule has 0 aromatic carbocycles. The quantitative estimate of drug-likeness (QED) is 0.819. The molecule has 3 heteroatoms. The van der Waals surface area contributed by atoms with Crippen LogP contribution in [-0.2, 0) is 4.74 Å². The smallest absolute Gasteiger partial charge is 0.0702 e. The van der Waals surface area contributed by atoms with Gasteiger partial charge < -0.3 is 15.4 Å². The van der Waals surface area contributed by atoms with Crippen LogP contribution in [0.1, 0.15) is 51.9 Å². The van der Waals surface area contributed by atoms with Gasteiger partial charge in [0.15, 0.2) is 0 Å². The van der Waals surface area contributed by atoms with E-state index in [0.717, 1.165) is 25.5 Å². The summed E-state index contributed by atoms with van der Waals surface area (Å²) in [5.74, 6) is 0.832. The molecule has 3 unspecified atom stereocenters. The zero-order valence-electron chi connectivity index (χ0n) is 11.9. The molecular formula is C15H30N2O. The van der Waals surface area contributed by atoms with Crippen molar-refractivity contribution in [3.63, 3.8) is 0 Å². The molecule has 1 saturated heterocycles. The van der Waals surface area contributed by atoms with Crippen LogP contribution in [0.3, 0.4) is 0 Å². The second kappa shape index (κ2) is 7.46. The Morgan fingerprint density at radius 1 is 1.22 bits per heavy atom. The Morgan fingerprint density at radius 2 is 2.11 bits per heavy atom. The van der Waals surface area contributed by atoms with Gasteiger partial charge in [-0.1, -0.05) is 13.3 Å². The molecule has 0 spiro atoms. The number of rotatable bonds is 5. The Labute approximate surface area is 112 Å². The normalized spacial score (nSPS) is 34.7. The number of nitrogens with two attached hydrogens (primary N) is 1. The van der Waals surface area contributed by atoms with Crippen LogP contribution >= 0.6 is 0 Å². The fourth-order valence-electron chi connectivity index (χ4n) is 3.46. The number of piperidine rings is 1. The minimum atomic E-state index is 0.459. The largest absolute Gasteiger partial charge is 0.377 e. The SMILES string of the molecule is CCCOC1CCCN(CC2CCCC(N)C2)C1. The van der Waals surface area contributed by atoms with Gasteiger partial charge in [-0.05, 0) is 51.0 Å². The molecule has 1 heterocycles. The predicted octanol–water partition coefficient (Wildman–Crippen LogP) is 2.39. The summed E-state index contributed by atoms with van der Waals surface area (Å²) >= 11 is 0. The third-order valence-electron chi connectivity index (χ3n) is 4.36. The summed E-state index contributed by atoms with van der Waals surface area (Å²) in [5, 5.41) is 0. The van der Waals surface area contributed by atoms with Crippen LogP contribution in [-0.4, -0.2) is 43.3 Å². The molecule has 0 amide bonds. The zero-order valence-corrected chi connectivity index (χ0v) is 11.9. The molecule has 3 atom stereocenters. The maximum absolute atomic E-state index is 6.08. The minimum Gasteiger partial charge on any atom is -0.377 e. The van der Waals surface area contributed by atoms with E-state index in [-0.39, 0.29) is 0 Å². The molecule has 2 aliphatic rings. The first-order valence-electron chi connectivity index (χ1n) is 7.87. The van der Waals surface area contributed by atoms with Crippen molar-refractivity contribution in [2.24, 2.45) is 11.7 Å². The van der Waals surface area contributed by atoms with Gasteiger partial charge in [-0.15, -0.1) is 0 Å². The lowest BCUT2D eigenvalue weighted by atomic mass is 9.85. The van der Waals surface area contributed by atoms with E-state index < -0.39 is 0 Å². The number of ether oxygens (including phenoxy) is 1. The average molecular weight is 254 g/mol. The second-order valence-corrected chi connectivity index (χ2v) is 6.19. The fraction of sp³-hybridized carbons (Fsp3) is 1.00. The number of likely N-dealkylation sites (tertiary alicyclic amines) is 1. The van der Waals surface area contributed by atoms with E-state index in [4.69, 9.17) is 10.5 Å². The van der Waals surface area contributed by atoms with Gasteiger partial charge in [-0.3, -0.25) is 0 Å². The minimum absolute atomic E-state index is 0.459.